The van der Waals surface area contributed by atoms with Gasteiger partial charge in [-0.25, -0.2) is 0 Å². The van der Waals surface area contributed by atoms with E-state index in [4.69, 9.17) is 53.8 Å². The summed E-state index contributed by atoms with van der Waals surface area (Å²) in [7, 11) is 5.42. The van der Waals surface area contributed by atoms with Crippen LogP contribution in [0.15, 0.2) is 0 Å². The molecule has 0 spiro atoms. The maximum Gasteiger partial charge on any atom is 0.255 e. The average Bonchev–Trinajstić information content (AvgIpc) is 2.73. The van der Waals surface area contributed by atoms with Crippen molar-refractivity contribution in [3.63, 3.8) is 0 Å². The average molecular weight is 348 g/mol. The number of fused-ring (bicyclic) bond motifs is 2. The summed E-state index contributed by atoms with van der Waals surface area (Å²) in [6.45, 7) is 0. The first-order chi connectivity index (χ1) is 9.31. The number of carbonyl (C=O) groups excluding carboxylic acids is 1. The zero-order valence-electron chi connectivity index (χ0n) is 11.7. The van der Waals surface area contributed by atoms with Gasteiger partial charge < -0.3 is 18.9 Å². The predicted molar refractivity (Wildman–Crippen MR) is 74.5 cm³/mol. The van der Waals surface area contributed by atoms with Gasteiger partial charge in [0.15, 0.2) is 9.75 Å². The van der Waals surface area contributed by atoms with Gasteiger partial charge in [-0.1, -0.05) is 0 Å². The molecule has 0 radical (unpaired) electrons. The molecule has 0 saturated heterocycles. The number of carbonyl (C=O) groups is 1. The number of ketones is 1. The Morgan fingerprint density at radius 1 is 1.10 bits per heavy atom. The fourth-order valence-electron chi connectivity index (χ4n) is 3.73. The van der Waals surface area contributed by atoms with Crippen LogP contribution in [0.1, 0.15) is 6.42 Å². The molecule has 116 valence electrons. The van der Waals surface area contributed by atoms with Crippen LogP contribution in [-0.4, -0.2) is 61.4 Å². The first kappa shape index (κ1) is 16.7. The van der Waals surface area contributed by atoms with Gasteiger partial charge in [0.05, 0.1) is 0 Å². The molecule has 0 aromatic carbocycles. The van der Waals surface area contributed by atoms with E-state index in [-0.39, 0.29) is 12.3 Å². The monoisotopic (exact) mass is 346 g/mol. The predicted octanol–water partition coefficient (Wildman–Crippen LogP) is 1.76. The van der Waals surface area contributed by atoms with E-state index in [0.29, 0.717) is 0 Å². The Morgan fingerprint density at radius 2 is 1.60 bits per heavy atom. The molecule has 0 unspecified atom stereocenters. The zero-order valence-corrected chi connectivity index (χ0v) is 13.9. The lowest BCUT2D eigenvalue weighted by Crippen LogP contribution is -2.62. The normalized spacial score (nSPS) is 41.4. The van der Waals surface area contributed by atoms with E-state index in [1.165, 1.54) is 28.4 Å². The van der Waals surface area contributed by atoms with Gasteiger partial charge in [0.1, 0.15) is 0 Å². The van der Waals surface area contributed by atoms with Gasteiger partial charge in [0.2, 0.25) is 11.6 Å². The zero-order chi connectivity index (χ0) is 15.4. The molecule has 2 aliphatic carbocycles. The van der Waals surface area contributed by atoms with Crippen LogP contribution in [0.5, 0.6) is 0 Å². The lowest BCUT2D eigenvalue weighted by molar-refractivity contribution is -0.270. The smallest absolute Gasteiger partial charge is 0.255 e. The second kappa shape index (κ2) is 4.95. The molecule has 0 N–H and O–H groups in total. The topological polar surface area (TPSA) is 54.0 Å². The first-order valence-electron chi connectivity index (χ1n) is 6.01. The number of rotatable bonds is 5. The van der Waals surface area contributed by atoms with Crippen molar-refractivity contribution in [3.05, 3.63) is 0 Å². The molecule has 2 saturated carbocycles. The van der Waals surface area contributed by atoms with E-state index in [1.54, 1.807) is 0 Å². The molecule has 0 amide bonds. The molecular formula is C12H17Cl3O5. The Morgan fingerprint density at radius 3 is 1.95 bits per heavy atom. The van der Waals surface area contributed by atoms with Gasteiger partial charge in [-0.05, 0) is 6.42 Å². The minimum atomic E-state index is -1.75. The number of halogens is 3. The minimum Gasteiger partial charge on any atom is -0.350 e. The Kier molecular flexibility index (Phi) is 4.14. The van der Waals surface area contributed by atoms with E-state index < -0.39 is 33.0 Å². The van der Waals surface area contributed by atoms with Crippen LogP contribution in [0.25, 0.3) is 0 Å². The lowest BCUT2D eigenvalue weighted by atomic mass is 9.84. The molecular weight excluding hydrogens is 330 g/mol. The molecule has 2 rings (SSSR count). The fraction of sp³-hybridized carbons (Fsp3) is 0.917. The Balaban J connectivity index is 2.76. The number of alkyl halides is 3. The third kappa shape index (κ3) is 1.34. The van der Waals surface area contributed by atoms with Gasteiger partial charge in [0, 0.05) is 40.2 Å². The van der Waals surface area contributed by atoms with Crippen molar-refractivity contribution in [3.8, 4) is 0 Å². The standard InChI is InChI=1S/C12H17Cl3O5/c1-17-11(18-2)8(16)10(15)7(6-13)5-9(11,14)12(10,19-3)20-4/h7H,5-6H2,1-4H3/t7-,9-,10+/m0/s1. The molecule has 3 atom stereocenters. The third-order valence-electron chi connectivity index (χ3n) is 4.58. The summed E-state index contributed by atoms with van der Waals surface area (Å²) in [5.74, 6) is -4.15. The molecule has 0 aromatic heterocycles. The van der Waals surface area contributed by atoms with Crippen molar-refractivity contribution >= 4 is 40.6 Å². The van der Waals surface area contributed by atoms with Gasteiger partial charge in [-0.15, -0.1) is 34.8 Å². The second-order valence-corrected chi connectivity index (χ2v) is 6.50. The van der Waals surface area contributed by atoms with Crippen molar-refractivity contribution in [2.24, 2.45) is 5.92 Å². The van der Waals surface area contributed by atoms with Crippen LogP contribution >= 0.6 is 34.8 Å². The van der Waals surface area contributed by atoms with Crippen molar-refractivity contribution in [2.45, 2.75) is 27.7 Å². The van der Waals surface area contributed by atoms with Gasteiger partial charge in [0.25, 0.3) is 5.79 Å². The molecule has 20 heavy (non-hydrogen) atoms. The number of Topliss-reactive ketones (excluding diaryl/α,β-unsaturated/α-hetero) is 1. The second-order valence-electron chi connectivity index (χ2n) is 4.95. The van der Waals surface area contributed by atoms with E-state index in [9.17, 15) is 4.79 Å². The van der Waals surface area contributed by atoms with Crippen molar-refractivity contribution < 1.29 is 23.7 Å². The van der Waals surface area contributed by atoms with Crippen LogP contribution in [0.3, 0.4) is 0 Å². The molecule has 2 aliphatic rings. The molecule has 2 bridgehead atoms. The summed E-state index contributed by atoms with van der Waals surface area (Å²) in [6, 6.07) is 0. The summed E-state index contributed by atoms with van der Waals surface area (Å²) in [4.78, 5) is 9.88. The number of hydrogen-bond donors (Lipinski definition) is 0. The molecule has 5 nitrogen and oxygen atoms in total. The van der Waals surface area contributed by atoms with Crippen molar-refractivity contribution in [1.29, 1.82) is 0 Å². The number of methoxy groups -OCH3 is 4. The van der Waals surface area contributed by atoms with Crippen LogP contribution in [0.2, 0.25) is 0 Å². The van der Waals surface area contributed by atoms with Gasteiger partial charge >= 0.3 is 0 Å². The Bertz CT molecular complexity index is 423. The van der Waals surface area contributed by atoms with Gasteiger partial charge in [-0.2, -0.15) is 0 Å². The summed E-state index contributed by atoms with van der Waals surface area (Å²) >= 11 is 19.3. The molecule has 0 aromatic rings. The van der Waals surface area contributed by atoms with E-state index >= 15 is 0 Å². The van der Waals surface area contributed by atoms with E-state index in [1.807, 2.05) is 0 Å². The van der Waals surface area contributed by atoms with Crippen LogP contribution < -0.4 is 0 Å². The highest BCUT2D eigenvalue weighted by Crippen LogP contribution is 2.70. The highest BCUT2D eigenvalue weighted by atomic mass is 35.5. The SMILES string of the molecule is COC1(OC)C(=O)[C@]2(Cl)[C@H](CCl)C[C@@]1(Cl)C2(OC)OC. The summed E-state index contributed by atoms with van der Waals surface area (Å²) < 4.78 is 21.6. The maximum absolute atomic E-state index is 12.9. The molecule has 0 heterocycles. The highest BCUT2D eigenvalue weighted by molar-refractivity contribution is 6.44. The lowest BCUT2D eigenvalue weighted by Gasteiger charge is -2.42. The Hall–Kier alpha value is 0.380. The maximum atomic E-state index is 12.9. The quantitative estimate of drug-likeness (QED) is 0.560. The molecule has 2 fully saturated rings. The minimum absolute atomic E-state index is 0.141. The third-order valence-corrected chi connectivity index (χ3v) is 6.33. The van der Waals surface area contributed by atoms with Crippen LogP contribution in [-0.2, 0) is 23.7 Å². The van der Waals surface area contributed by atoms with Crippen LogP contribution in [0.4, 0.5) is 0 Å². The van der Waals surface area contributed by atoms with Crippen molar-refractivity contribution in [2.75, 3.05) is 34.3 Å². The summed E-state index contributed by atoms with van der Waals surface area (Å²) in [5, 5.41) is 0. The van der Waals surface area contributed by atoms with E-state index in [0.717, 1.165) is 0 Å². The summed E-state index contributed by atoms with van der Waals surface area (Å²) in [6.07, 6.45) is 0.261. The molecule has 0 aliphatic heterocycles. The van der Waals surface area contributed by atoms with E-state index in [2.05, 4.69) is 0 Å². The Labute approximate surface area is 132 Å². The molecule has 8 heteroatoms. The summed E-state index contributed by atoms with van der Waals surface area (Å²) in [5.41, 5.74) is 0. The van der Waals surface area contributed by atoms with Crippen LogP contribution in [0, 0.1) is 5.92 Å². The number of hydrogen-bond acceptors (Lipinski definition) is 5. The number of ether oxygens (including phenoxy) is 4. The van der Waals surface area contributed by atoms with Gasteiger partial charge in [-0.3, -0.25) is 4.79 Å². The van der Waals surface area contributed by atoms with Crippen molar-refractivity contribution in [1.82, 2.24) is 0 Å². The fourth-order valence-corrected chi connectivity index (χ4v) is 5.53. The largest absolute Gasteiger partial charge is 0.350 e. The first-order valence-corrected chi connectivity index (χ1v) is 7.30. The highest BCUT2D eigenvalue weighted by Gasteiger charge is 2.92.